The fourth-order valence-corrected chi connectivity index (χ4v) is 3.29. The topological polar surface area (TPSA) is 88.1 Å². The van der Waals surface area contributed by atoms with Crippen molar-refractivity contribution in [1.82, 2.24) is 10.2 Å². The first-order chi connectivity index (χ1) is 11.1. The van der Waals surface area contributed by atoms with E-state index in [0.29, 0.717) is 19.3 Å². The number of carbonyl (C=O) groups is 2. The number of aliphatic hydroxyl groups excluding tert-OH is 1. The van der Waals surface area contributed by atoms with Gasteiger partial charge in [0.1, 0.15) is 12.7 Å². The summed E-state index contributed by atoms with van der Waals surface area (Å²) >= 11 is 0. The fourth-order valence-electron chi connectivity index (χ4n) is 3.29. The normalized spacial score (nSPS) is 28.4. The largest absolute Gasteiger partial charge is 0.394 e. The van der Waals surface area contributed by atoms with Gasteiger partial charge in [-0.3, -0.25) is 9.59 Å². The van der Waals surface area contributed by atoms with Crippen molar-refractivity contribution < 1.29 is 24.2 Å². The zero-order valence-corrected chi connectivity index (χ0v) is 13.8. The summed E-state index contributed by atoms with van der Waals surface area (Å²) in [5.74, 6) is -0.0874. The van der Waals surface area contributed by atoms with E-state index < -0.39 is 6.10 Å². The second-order valence-electron chi connectivity index (χ2n) is 6.31. The van der Waals surface area contributed by atoms with Crippen LogP contribution in [0.2, 0.25) is 0 Å². The van der Waals surface area contributed by atoms with Crippen molar-refractivity contribution in [1.29, 1.82) is 0 Å². The number of amides is 2. The zero-order chi connectivity index (χ0) is 16.7. The molecule has 2 aliphatic rings. The molecule has 2 rings (SSSR count). The van der Waals surface area contributed by atoms with Crippen LogP contribution in [0.4, 0.5) is 0 Å². The minimum Gasteiger partial charge on any atom is -0.394 e. The van der Waals surface area contributed by atoms with Crippen molar-refractivity contribution in [2.24, 2.45) is 0 Å². The number of hydrogen-bond donors (Lipinski definition) is 2. The predicted octanol–water partition coefficient (Wildman–Crippen LogP) is 0.0601. The van der Waals surface area contributed by atoms with E-state index in [-0.39, 0.29) is 37.2 Å². The summed E-state index contributed by atoms with van der Waals surface area (Å²) in [7, 11) is 1.46. The van der Waals surface area contributed by atoms with Gasteiger partial charge in [-0.1, -0.05) is 0 Å². The van der Waals surface area contributed by atoms with Crippen LogP contribution in [0, 0.1) is 0 Å². The van der Waals surface area contributed by atoms with Crippen molar-refractivity contribution in [3.8, 4) is 0 Å². The van der Waals surface area contributed by atoms with Crippen LogP contribution >= 0.6 is 0 Å². The Balaban J connectivity index is 1.80. The van der Waals surface area contributed by atoms with Crippen LogP contribution in [0.3, 0.4) is 0 Å². The number of likely N-dealkylation sites (tertiary alicyclic amines) is 1. The lowest BCUT2D eigenvalue weighted by molar-refractivity contribution is -0.144. The number of nitrogens with one attached hydrogen (secondary N) is 1. The number of aliphatic hydroxyl groups is 1. The van der Waals surface area contributed by atoms with E-state index in [0.717, 1.165) is 25.9 Å². The first-order valence-electron chi connectivity index (χ1n) is 8.46. The molecule has 0 aliphatic carbocycles. The van der Waals surface area contributed by atoms with Crippen molar-refractivity contribution in [2.45, 2.75) is 56.8 Å². The Morgan fingerprint density at radius 3 is 2.65 bits per heavy atom. The molecule has 2 N–H and O–H groups in total. The maximum absolute atomic E-state index is 12.3. The number of piperidine rings is 1. The molecule has 0 unspecified atom stereocenters. The van der Waals surface area contributed by atoms with E-state index in [1.54, 1.807) is 0 Å². The minimum atomic E-state index is -0.469. The molecule has 2 aliphatic heterocycles. The fraction of sp³-hybridized carbons (Fsp3) is 0.875. The Kier molecular flexibility index (Phi) is 7.26. The SMILES string of the molecule is COCC(=O)N[C@@H]1CC[C@@H](CC(=O)N2CCCCC2)O[C@H]1CO. The molecule has 3 atom stereocenters. The second kappa shape index (κ2) is 9.20. The molecule has 2 fully saturated rings. The molecule has 132 valence electrons. The summed E-state index contributed by atoms with van der Waals surface area (Å²) in [6.07, 6.45) is 4.44. The molecule has 2 saturated heterocycles. The minimum absolute atomic E-state index is 0.00841. The highest BCUT2D eigenvalue weighted by Crippen LogP contribution is 2.23. The second-order valence-corrected chi connectivity index (χ2v) is 6.31. The third-order valence-corrected chi connectivity index (χ3v) is 4.53. The highest BCUT2D eigenvalue weighted by Gasteiger charge is 2.33. The van der Waals surface area contributed by atoms with Crippen LogP contribution in [-0.2, 0) is 19.1 Å². The monoisotopic (exact) mass is 328 g/mol. The third kappa shape index (κ3) is 5.44. The molecule has 0 saturated carbocycles. The van der Waals surface area contributed by atoms with Gasteiger partial charge in [0, 0.05) is 20.2 Å². The van der Waals surface area contributed by atoms with Crippen LogP contribution < -0.4 is 5.32 Å². The Morgan fingerprint density at radius 2 is 2.00 bits per heavy atom. The molecule has 0 bridgehead atoms. The van der Waals surface area contributed by atoms with Crippen LogP contribution in [0.5, 0.6) is 0 Å². The summed E-state index contributed by atoms with van der Waals surface area (Å²) in [4.78, 5) is 25.8. The molecule has 0 aromatic heterocycles. The van der Waals surface area contributed by atoms with Crippen LogP contribution in [-0.4, -0.2) is 73.5 Å². The molecule has 2 amide bonds. The molecule has 0 spiro atoms. The Bertz CT molecular complexity index is 398. The van der Waals surface area contributed by atoms with Gasteiger partial charge in [0.15, 0.2) is 0 Å². The Hall–Kier alpha value is -1.18. The molecule has 23 heavy (non-hydrogen) atoms. The molecule has 2 heterocycles. The molecule has 0 aromatic rings. The van der Waals surface area contributed by atoms with Gasteiger partial charge in [0.05, 0.1) is 25.2 Å². The highest BCUT2D eigenvalue weighted by atomic mass is 16.5. The number of rotatable bonds is 6. The lowest BCUT2D eigenvalue weighted by atomic mass is 9.96. The molecular weight excluding hydrogens is 300 g/mol. The van der Waals surface area contributed by atoms with E-state index in [9.17, 15) is 14.7 Å². The summed E-state index contributed by atoms with van der Waals surface area (Å²) in [5.41, 5.74) is 0. The third-order valence-electron chi connectivity index (χ3n) is 4.53. The number of methoxy groups -OCH3 is 1. The summed E-state index contributed by atoms with van der Waals surface area (Å²) in [5, 5.41) is 12.3. The number of carbonyl (C=O) groups excluding carboxylic acids is 2. The lowest BCUT2D eigenvalue weighted by Crippen LogP contribution is -2.52. The highest BCUT2D eigenvalue weighted by molar-refractivity contribution is 5.78. The van der Waals surface area contributed by atoms with E-state index in [2.05, 4.69) is 5.32 Å². The molecular formula is C16H28N2O5. The van der Waals surface area contributed by atoms with E-state index in [4.69, 9.17) is 9.47 Å². The average Bonchev–Trinajstić information content (AvgIpc) is 2.57. The van der Waals surface area contributed by atoms with Crippen molar-refractivity contribution in [2.75, 3.05) is 33.4 Å². The lowest BCUT2D eigenvalue weighted by Gasteiger charge is -2.37. The number of hydrogen-bond acceptors (Lipinski definition) is 5. The smallest absolute Gasteiger partial charge is 0.246 e. The molecule has 7 nitrogen and oxygen atoms in total. The molecule has 7 heteroatoms. The Labute approximate surface area is 137 Å². The first-order valence-corrected chi connectivity index (χ1v) is 8.46. The maximum atomic E-state index is 12.3. The van der Waals surface area contributed by atoms with Gasteiger partial charge in [0.2, 0.25) is 11.8 Å². The standard InChI is InChI=1S/C16H28N2O5/c1-22-11-15(20)17-13-6-5-12(23-14(13)10-19)9-16(21)18-7-3-2-4-8-18/h12-14,19H,2-11H2,1H3,(H,17,20)/t12-,13+,14-/m0/s1. The van der Waals surface area contributed by atoms with E-state index >= 15 is 0 Å². The van der Waals surface area contributed by atoms with E-state index in [1.165, 1.54) is 13.5 Å². The maximum Gasteiger partial charge on any atom is 0.246 e. The van der Waals surface area contributed by atoms with Crippen molar-refractivity contribution in [3.05, 3.63) is 0 Å². The van der Waals surface area contributed by atoms with E-state index in [1.807, 2.05) is 4.90 Å². The van der Waals surface area contributed by atoms with Crippen LogP contribution in [0.1, 0.15) is 38.5 Å². The van der Waals surface area contributed by atoms with Gasteiger partial charge in [-0.05, 0) is 32.1 Å². The molecule has 0 radical (unpaired) electrons. The summed E-state index contributed by atoms with van der Waals surface area (Å²) in [6.45, 7) is 1.49. The van der Waals surface area contributed by atoms with Gasteiger partial charge in [-0.15, -0.1) is 0 Å². The van der Waals surface area contributed by atoms with Gasteiger partial charge >= 0.3 is 0 Å². The Morgan fingerprint density at radius 1 is 1.26 bits per heavy atom. The average molecular weight is 328 g/mol. The number of nitrogens with zero attached hydrogens (tertiary/aromatic N) is 1. The van der Waals surface area contributed by atoms with Crippen molar-refractivity contribution in [3.63, 3.8) is 0 Å². The van der Waals surface area contributed by atoms with Gasteiger partial charge < -0.3 is 24.8 Å². The van der Waals surface area contributed by atoms with Crippen molar-refractivity contribution >= 4 is 11.8 Å². The van der Waals surface area contributed by atoms with Gasteiger partial charge in [-0.2, -0.15) is 0 Å². The first kappa shape index (κ1) is 18.2. The molecule has 0 aromatic carbocycles. The van der Waals surface area contributed by atoms with Crippen LogP contribution in [0.25, 0.3) is 0 Å². The zero-order valence-electron chi connectivity index (χ0n) is 13.8. The van der Waals surface area contributed by atoms with Gasteiger partial charge in [0.25, 0.3) is 0 Å². The predicted molar refractivity (Wildman–Crippen MR) is 83.8 cm³/mol. The summed E-state index contributed by atoms with van der Waals surface area (Å²) < 4.78 is 10.6. The summed E-state index contributed by atoms with van der Waals surface area (Å²) in [6, 6.07) is -0.232. The number of ether oxygens (including phenoxy) is 2. The quantitative estimate of drug-likeness (QED) is 0.720. The van der Waals surface area contributed by atoms with Crippen LogP contribution in [0.15, 0.2) is 0 Å². The van der Waals surface area contributed by atoms with Gasteiger partial charge in [-0.25, -0.2) is 0 Å².